The molecule has 1 saturated heterocycles. The van der Waals surface area contributed by atoms with Gasteiger partial charge in [-0.25, -0.2) is 0 Å². The van der Waals surface area contributed by atoms with Crippen molar-refractivity contribution in [2.75, 3.05) is 30.8 Å². The zero-order chi connectivity index (χ0) is 16.8. The Morgan fingerprint density at radius 1 is 1.17 bits per heavy atom. The van der Waals surface area contributed by atoms with Crippen molar-refractivity contribution in [3.8, 4) is 5.75 Å². The number of hydrogen-bond donors (Lipinski definition) is 2. The normalized spacial score (nSPS) is 16.5. The van der Waals surface area contributed by atoms with Gasteiger partial charge in [0.1, 0.15) is 5.75 Å². The monoisotopic (exact) mass is 319 g/mol. The maximum Gasteiger partial charge on any atom is 0.241 e. The molecule has 1 heterocycles. The molecule has 0 bridgehead atoms. The smallest absolute Gasteiger partial charge is 0.241 e. The number of nitrogens with zero attached hydrogens (tertiary/aromatic N) is 1. The molecule has 0 aromatic heterocycles. The quantitative estimate of drug-likeness (QED) is 0.874. The molecule has 0 radical (unpaired) electrons. The van der Waals surface area contributed by atoms with E-state index in [1.807, 2.05) is 6.92 Å². The van der Waals surface area contributed by atoms with Gasteiger partial charge < -0.3 is 15.4 Å². The summed E-state index contributed by atoms with van der Waals surface area (Å²) < 4.78 is 5.29. The average Bonchev–Trinajstić information content (AvgIpc) is 2.54. The molecule has 0 aliphatic carbocycles. The summed E-state index contributed by atoms with van der Waals surface area (Å²) in [5.74, 6) is 0.345. The molecule has 2 N–H and O–H groups in total. The summed E-state index contributed by atoms with van der Waals surface area (Å²) in [6.45, 7) is 5.28. The second-order valence-electron chi connectivity index (χ2n) is 5.86. The highest BCUT2D eigenvalue weighted by atomic mass is 16.5. The molecule has 1 atom stereocenters. The molecule has 6 nitrogen and oxygen atoms in total. The minimum atomic E-state index is -0.190. The predicted molar refractivity (Wildman–Crippen MR) is 90.8 cm³/mol. The molecule has 0 saturated carbocycles. The van der Waals surface area contributed by atoms with Crippen LogP contribution in [0.1, 0.15) is 33.1 Å². The van der Waals surface area contributed by atoms with Crippen molar-refractivity contribution in [1.82, 2.24) is 4.90 Å². The van der Waals surface area contributed by atoms with E-state index in [0.717, 1.165) is 25.9 Å². The summed E-state index contributed by atoms with van der Waals surface area (Å²) in [4.78, 5) is 25.9. The maximum atomic E-state index is 12.5. The van der Waals surface area contributed by atoms with Crippen molar-refractivity contribution in [3.63, 3.8) is 0 Å². The highest BCUT2D eigenvalue weighted by molar-refractivity contribution is 5.97. The van der Waals surface area contributed by atoms with Crippen LogP contribution in [0, 0.1) is 0 Å². The largest absolute Gasteiger partial charge is 0.495 e. The number of carbonyl (C=O) groups excluding carboxylic acids is 2. The van der Waals surface area contributed by atoms with Crippen molar-refractivity contribution < 1.29 is 14.3 Å². The maximum absolute atomic E-state index is 12.5. The van der Waals surface area contributed by atoms with E-state index in [1.165, 1.54) is 13.3 Å². The summed E-state index contributed by atoms with van der Waals surface area (Å²) in [5.41, 5.74) is 1.19. The van der Waals surface area contributed by atoms with Gasteiger partial charge in [-0.05, 0) is 51.1 Å². The molecule has 1 aromatic carbocycles. The van der Waals surface area contributed by atoms with Crippen LogP contribution in [0.25, 0.3) is 0 Å². The van der Waals surface area contributed by atoms with Gasteiger partial charge in [-0.15, -0.1) is 0 Å². The van der Waals surface area contributed by atoms with Crippen molar-refractivity contribution >= 4 is 23.2 Å². The van der Waals surface area contributed by atoms with Crippen molar-refractivity contribution in [1.29, 1.82) is 0 Å². The number of anilines is 2. The molecule has 23 heavy (non-hydrogen) atoms. The molecule has 2 rings (SSSR count). The fourth-order valence-electron chi connectivity index (χ4n) is 2.80. The predicted octanol–water partition coefficient (Wildman–Crippen LogP) is 2.47. The Hall–Kier alpha value is -2.08. The van der Waals surface area contributed by atoms with Crippen molar-refractivity contribution in [3.05, 3.63) is 18.2 Å². The van der Waals surface area contributed by atoms with E-state index in [9.17, 15) is 9.59 Å². The van der Waals surface area contributed by atoms with E-state index in [4.69, 9.17) is 4.74 Å². The Kier molecular flexibility index (Phi) is 5.98. The number of piperidine rings is 1. The molecule has 126 valence electrons. The Morgan fingerprint density at radius 2 is 1.87 bits per heavy atom. The number of hydrogen-bond acceptors (Lipinski definition) is 4. The van der Waals surface area contributed by atoms with Crippen molar-refractivity contribution in [2.24, 2.45) is 0 Å². The number of likely N-dealkylation sites (tertiary alicyclic amines) is 1. The number of methoxy groups -OCH3 is 1. The van der Waals surface area contributed by atoms with Gasteiger partial charge in [-0.2, -0.15) is 0 Å². The standard InChI is InChI=1S/C17H25N3O3/c1-12(20-9-5-4-6-10-20)17(22)19-15-11-14(18-13(2)21)7-8-16(15)23-3/h7-8,11-12H,4-6,9-10H2,1-3H3,(H,18,21)(H,19,22)/t12-/m0/s1. The lowest BCUT2D eigenvalue weighted by Gasteiger charge is -2.31. The first-order chi connectivity index (χ1) is 11.0. The van der Waals surface area contributed by atoms with Crippen LogP contribution >= 0.6 is 0 Å². The summed E-state index contributed by atoms with van der Waals surface area (Å²) in [7, 11) is 1.55. The van der Waals surface area contributed by atoms with Gasteiger partial charge in [0.2, 0.25) is 11.8 Å². The molecule has 6 heteroatoms. The third kappa shape index (κ3) is 4.69. The number of benzene rings is 1. The Bertz CT molecular complexity index is 568. The Morgan fingerprint density at radius 3 is 2.48 bits per heavy atom. The van der Waals surface area contributed by atoms with Crippen molar-refractivity contribution in [2.45, 2.75) is 39.2 Å². The first-order valence-electron chi connectivity index (χ1n) is 8.02. The second-order valence-corrected chi connectivity index (χ2v) is 5.86. The Labute approximate surface area is 137 Å². The minimum Gasteiger partial charge on any atom is -0.495 e. The van der Waals surface area contributed by atoms with E-state index in [-0.39, 0.29) is 17.9 Å². The number of rotatable bonds is 5. The molecule has 2 amide bonds. The number of carbonyl (C=O) groups is 2. The molecular weight excluding hydrogens is 294 g/mol. The summed E-state index contributed by atoms with van der Waals surface area (Å²) in [6, 6.07) is 4.99. The molecule has 1 aliphatic heterocycles. The van der Waals surface area contributed by atoms with Crippen LogP contribution in [0.15, 0.2) is 18.2 Å². The molecule has 0 spiro atoms. The van der Waals surface area contributed by atoms with Gasteiger partial charge in [0.05, 0.1) is 18.8 Å². The van der Waals surface area contributed by atoms with Crippen LogP contribution < -0.4 is 15.4 Å². The van der Waals surface area contributed by atoms with Crippen LogP contribution in [0.5, 0.6) is 5.75 Å². The summed E-state index contributed by atoms with van der Waals surface area (Å²) in [6.07, 6.45) is 3.51. The number of amides is 2. The van der Waals surface area contributed by atoms with Crippen LogP contribution in [0.3, 0.4) is 0 Å². The summed E-state index contributed by atoms with van der Waals surface area (Å²) in [5, 5.41) is 5.62. The fourth-order valence-corrected chi connectivity index (χ4v) is 2.80. The molecule has 1 aromatic rings. The first kappa shape index (κ1) is 17.3. The Balaban J connectivity index is 2.10. The summed E-state index contributed by atoms with van der Waals surface area (Å²) >= 11 is 0. The van der Waals surface area contributed by atoms with Gasteiger partial charge in [0.25, 0.3) is 0 Å². The lowest BCUT2D eigenvalue weighted by atomic mass is 10.1. The molecule has 1 aliphatic rings. The van der Waals surface area contributed by atoms with Crippen LogP contribution in [-0.4, -0.2) is 43.0 Å². The molecule has 1 fully saturated rings. The third-order valence-corrected chi connectivity index (χ3v) is 4.10. The lowest BCUT2D eigenvalue weighted by molar-refractivity contribution is -0.121. The third-order valence-electron chi connectivity index (χ3n) is 4.10. The van der Waals surface area contributed by atoms with Gasteiger partial charge >= 0.3 is 0 Å². The van der Waals surface area contributed by atoms with E-state index in [1.54, 1.807) is 25.3 Å². The van der Waals surface area contributed by atoms with Crippen LogP contribution in [0.4, 0.5) is 11.4 Å². The van der Waals surface area contributed by atoms with E-state index in [2.05, 4.69) is 15.5 Å². The SMILES string of the molecule is COc1ccc(NC(C)=O)cc1NC(=O)[C@H](C)N1CCCCC1. The topological polar surface area (TPSA) is 70.7 Å². The highest BCUT2D eigenvalue weighted by Gasteiger charge is 2.23. The van der Waals surface area contributed by atoms with Gasteiger partial charge in [-0.1, -0.05) is 6.42 Å². The van der Waals surface area contributed by atoms with Gasteiger partial charge in [0, 0.05) is 12.6 Å². The average molecular weight is 319 g/mol. The van der Waals surface area contributed by atoms with Crippen LogP contribution in [0.2, 0.25) is 0 Å². The zero-order valence-electron chi connectivity index (χ0n) is 14.0. The minimum absolute atomic E-state index is 0.0647. The van der Waals surface area contributed by atoms with Crippen LogP contribution in [-0.2, 0) is 9.59 Å². The lowest BCUT2D eigenvalue weighted by Crippen LogP contribution is -2.44. The molecular formula is C17H25N3O3. The number of ether oxygens (including phenoxy) is 1. The number of nitrogens with one attached hydrogen (secondary N) is 2. The van der Waals surface area contributed by atoms with E-state index < -0.39 is 0 Å². The second kappa shape index (κ2) is 7.97. The highest BCUT2D eigenvalue weighted by Crippen LogP contribution is 2.28. The van der Waals surface area contributed by atoms with E-state index >= 15 is 0 Å². The first-order valence-corrected chi connectivity index (χ1v) is 8.02. The zero-order valence-corrected chi connectivity index (χ0v) is 14.0. The van der Waals surface area contributed by atoms with Gasteiger partial charge in [0.15, 0.2) is 0 Å². The van der Waals surface area contributed by atoms with Gasteiger partial charge in [-0.3, -0.25) is 14.5 Å². The molecule has 0 unspecified atom stereocenters. The van der Waals surface area contributed by atoms with E-state index in [0.29, 0.717) is 17.1 Å². The fraction of sp³-hybridized carbons (Fsp3) is 0.529.